The van der Waals surface area contributed by atoms with Crippen molar-refractivity contribution in [1.82, 2.24) is 9.97 Å². The van der Waals surface area contributed by atoms with E-state index in [-0.39, 0.29) is 0 Å². The molecule has 142 valence electrons. The summed E-state index contributed by atoms with van der Waals surface area (Å²) in [6.07, 6.45) is 8.78. The highest BCUT2D eigenvalue weighted by Gasteiger charge is 2.01. The minimum atomic E-state index is 0.719. The second-order valence-electron chi connectivity index (χ2n) is 6.59. The Morgan fingerprint density at radius 3 is 2.56 bits per heavy atom. The highest BCUT2D eigenvalue weighted by molar-refractivity contribution is 6.30. The Morgan fingerprint density at radius 1 is 0.852 bits per heavy atom. The number of fused-ring (bicyclic) bond motifs is 1. The van der Waals surface area contributed by atoms with Crippen LogP contribution in [0.15, 0.2) is 54.9 Å². The lowest BCUT2D eigenvalue weighted by Crippen LogP contribution is -2.04. The minimum Gasteiger partial charge on any atom is -0.494 e. The first-order valence-corrected chi connectivity index (χ1v) is 10.0. The molecule has 1 aromatic heterocycles. The van der Waals surface area contributed by atoms with E-state index in [1.807, 2.05) is 42.5 Å². The summed E-state index contributed by atoms with van der Waals surface area (Å²) < 4.78 is 5.71. The molecule has 3 rings (SSSR count). The van der Waals surface area contributed by atoms with E-state index in [4.69, 9.17) is 16.3 Å². The van der Waals surface area contributed by atoms with Crippen LogP contribution in [0.5, 0.6) is 5.75 Å². The zero-order valence-corrected chi connectivity index (χ0v) is 16.3. The van der Waals surface area contributed by atoms with Gasteiger partial charge in [-0.05, 0) is 43.2 Å². The zero-order chi connectivity index (χ0) is 18.7. The molecule has 0 radical (unpaired) electrons. The van der Waals surface area contributed by atoms with Crippen molar-refractivity contribution in [3.63, 3.8) is 0 Å². The smallest absolute Gasteiger partial charge is 0.137 e. The molecule has 3 aromatic rings. The average Bonchev–Trinajstić information content (AvgIpc) is 2.69. The lowest BCUT2D eigenvalue weighted by molar-refractivity contribution is 0.304. The third kappa shape index (κ3) is 6.40. The van der Waals surface area contributed by atoms with Gasteiger partial charge in [0.05, 0.1) is 12.1 Å². The van der Waals surface area contributed by atoms with E-state index in [2.05, 4.69) is 21.4 Å². The predicted molar refractivity (Wildman–Crippen MR) is 113 cm³/mol. The van der Waals surface area contributed by atoms with Gasteiger partial charge >= 0.3 is 0 Å². The fourth-order valence-electron chi connectivity index (χ4n) is 3.03. The first-order valence-electron chi connectivity index (χ1n) is 9.65. The maximum atomic E-state index is 5.94. The Labute approximate surface area is 165 Å². The summed E-state index contributed by atoms with van der Waals surface area (Å²) >= 11 is 5.94. The third-order valence-electron chi connectivity index (χ3n) is 4.47. The van der Waals surface area contributed by atoms with E-state index in [9.17, 15) is 0 Å². The third-order valence-corrected chi connectivity index (χ3v) is 4.71. The number of benzene rings is 2. The molecule has 0 atom stereocenters. The van der Waals surface area contributed by atoms with E-state index in [1.165, 1.54) is 25.7 Å². The average molecular weight is 384 g/mol. The van der Waals surface area contributed by atoms with Crippen molar-refractivity contribution in [2.75, 3.05) is 18.5 Å². The van der Waals surface area contributed by atoms with Crippen LogP contribution in [-0.2, 0) is 0 Å². The number of hydrogen-bond donors (Lipinski definition) is 1. The molecule has 27 heavy (non-hydrogen) atoms. The molecule has 0 unspecified atom stereocenters. The molecule has 0 aliphatic rings. The van der Waals surface area contributed by atoms with Gasteiger partial charge in [0.2, 0.25) is 0 Å². The van der Waals surface area contributed by atoms with Crippen molar-refractivity contribution >= 4 is 28.3 Å². The van der Waals surface area contributed by atoms with Crippen LogP contribution in [0.4, 0.5) is 5.82 Å². The molecule has 0 aliphatic heterocycles. The fraction of sp³-hybridized carbons (Fsp3) is 0.364. The lowest BCUT2D eigenvalue weighted by Gasteiger charge is -2.08. The molecule has 1 heterocycles. The minimum absolute atomic E-state index is 0.719. The SMILES string of the molecule is Clc1cccc(OCCCCCCCCNc2ncnc3ccccc23)c1. The number of anilines is 1. The number of nitrogens with one attached hydrogen (secondary N) is 1. The van der Waals surface area contributed by atoms with Gasteiger partial charge in [0.15, 0.2) is 0 Å². The lowest BCUT2D eigenvalue weighted by atomic mass is 10.1. The molecule has 0 spiro atoms. The van der Waals surface area contributed by atoms with E-state index in [0.717, 1.165) is 53.5 Å². The van der Waals surface area contributed by atoms with Crippen LogP contribution >= 0.6 is 11.6 Å². The van der Waals surface area contributed by atoms with Gasteiger partial charge in [-0.15, -0.1) is 0 Å². The van der Waals surface area contributed by atoms with Crippen LogP contribution in [0.25, 0.3) is 10.9 Å². The quantitative estimate of drug-likeness (QED) is 0.405. The number of rotatable bonds is 11. The van der Waals surface area contributed by atoms with Crippen molar-refractivity contribution in [2.45, 2.75) is 38.5 Å². The number of unbranched alkanes of at least 4 members (excludes halogenated alkanes) is 5. The number of aromatic nitrogens is 2. The molecule has 4 nitrogen and oxygen atoms in total. The number of nitrogens with zero attached hydrogens (tertiary/aromatic N) is 2. The van der Waals surface area contributed by atoms with E-state index in [1.54, 1.807) is 6.33 Å². The van der Waals surface area contributed by atoms with Gasteiger partial charge in [0.25, 0.3) is 0 Å². The Kier molecular flexibility index (Phi) is 7.72. The van der Waals surface area contributed by atoms with Gasteiger partial charge < -0.3 is 10.1 Å². The standard InChI is InChI=1S/C22H26ClN3O/c23-18-10-9-11-19(16-18)27-15-8-4-2-1-3-7-14-24-22-20-12-5-6-13-21(20)25-17-26-22/h5-6,9-13,16-17H,1-4,7-8,14-15H2,(H,24,25,26). The molecule has 0 amide bonds. The number of hydrogen-bond acceptors (Lipinski definition) is 4. The molecule has 0 saturated heterocycles. The summed E-state index contributed by atoms with van der Waals surface area (Å²) in [5.74, 6) is 1.78. The first kappa shape index (κ1) is 19.4. The highest BCUT2D eigenvalue weighted by Crippen LogP contribution is 2.19. The van der Waals surface area contributed by atoms with Crippen LogP contribution in [0.1, 0.15) is 38.5 Å². The molecule has 0 aliphatic carbocycles. The summed E-state index contributed by atoms with van der Waals surface area (Å²) in [6.45, 7) is 1.70. The van der Waals surface area contributed by atoms with Crippen LogP contribution in [0.3, 0.4) is 0 Å². The van der Waals surface area contributed by atoms with Gasteiger partial charge in [-0.25, -0.2) is 9.97 Å². The maximum absolute atomic E-state index is 5.94. The van der Waals surface area contributed by atoms with Crippen molar-refractivity contribution < 1.29 is 4.74 Å². The monoisotopic (exact) mass is 383 g/mol. The second kappa shape index (κ2) is 10.7. The molecule has 0 saturated carbocycles. The van der Waals surface area contributed by atoms with Gasteiger partial charge in [-0.1, -0.05) is 55.5 Å². The molecular weight excluding hydrogens is 358 g/mol. The zero-order valence-electron chi connectivity index (χ0n) is 15.5. The van der Waals surface area contributed by atoms with Gasteiger partial charge in [0, 0.05) is 17.0 Å². The first-order chi connectivity index (χ1) is 13.3. The molecule has 1 N–H and O–H groups in total. The van der Waals surface area contributed by atoms with Crippen LogP contribution in [0.2, 0.25) is 5.02 Å². The van der Waals surface area contributed by atoms with Gasteiger partial charge in [0.1, 0.15) is 17.9 Å². The van der Waals surface area contributed by atoms with E-state index in [0.29, 0.717) is 0 Å². The summed E-state index contributed by atoms with van der Waals surface area (Å²) in [5.41, 5.74) is 0.981. The van der Waals surface area contributed by atoms with Gasteiger partial charge in [-0.2, -0.15) is 0 Å². The second-order valence-corrected chi connectivity index (χ2v) is 7.03. The maximum Gasteiger partial charge on any atom is 0.137 e. The van der Waals surface area contributed by atoms with Crippen LogP contribution < -0.4 is 10.1 Å². The van der Waals surface area contributed by atoms with Gasteiger partial charge in [-0.3, -0.25) is 0 Å². The Morgan fingerprint density at radius 2 is 1.67 bits per heavy atom. The summed E-state index contributed by atoms with van der Waals surface area (Å²) in [5, 5.41) is 5.24. The van der Waals surface area contributed by atoms with Crippen molar-refractivity contribution in [1.29, 1.82) is 0 Å². The predicted octanol–water partition coefficient (Wildman–Crippen LogP) is 6.11. The van der Waals surface area contributed by atoms with E-state index < -0.39 is 0 Å². The Balaban J connectivity index is 1.23. The summed E-state index contributed by atoms with van der Waals surface area (Å²) in [7, 11) is 0. The molecule has 2 aromatic carbocycles. The van der Waals surface area contributed by atoms with Crippen LogP contribution in [0, 0.1) is 0 Å². The molecular formula is C22H26ClN3O. The van der Waals surface area contributed by atoms with Crippen LogP contribution in [-0.4, -0.2) is 23.1 Å². The topological polar surface area (TPSA) is 47.0 Å². The number of ether oxygens (including phenoxy) is 1. The molecule has 0 bridgehead atoms. The summed E-state index contributed by atoms with van der Waals surface area (Å²) in [6, 6.07) is 15.7. The summed E-state index contributed by atoms with van der Waals surface area (Å²) in [4.78, 5) is 8.65. The fourth-order valence-corrected chi connectivity index (χ4v) is 3.21. The normalized spacial score (nSPS) is 10.9. The molecule has 5 heteroatoms. The van der Waals surface area contributed by atoms with Crippen molar-refractivity contribution in [2.24, 2.45) is 0 Å². The number of halogens is 1. The largest absolute Gasteiger partial charge is 0.494 e. The van der Waals surface area contributed by atoms with Crippen molar-refractivity contribution in [3.8, 4) is 5.75 Å². The van der Waals surface area contributed by atoms with Crippen molar-refractivity contribution in [3.05, 3.63) is 59.9 Å². The molecule has 0 fully saturated rings. The van der Waals surface area contributed by atoms with E-state index >= 15 is 0 Å². The Bertz CT molecular complexity index is 835. The highest BCUT2D eigenvalue weighted by atomic mass is 35.5. The Hall–Kier alpha value is -2.33. The number of para-hydroxylation sites is 1.